The van der Waals surface area contributed by atoms with Gasteiger partial charge in [-0.2, -0.15) is 0 Å². The molecule has 19 heavy (non-hydrogen) atoms. The fourth-order valence-corrected chi connectivity index (χ4v) is 3.36. The minimum Gasteiger partial charge on any atom is -0.480 e. The van der Waals surface area contributed by atoms with Crippen LogP contribution >= 0.6 is 0 Å². The predicted octanol–water partition coefficient (Wildman–Crippen LogP) is 2.31. The van der Waals surface area contributed by atoms with Crippen LogP contribution in [0.15, 0.2) is 0 Å². The Bertz CT molecular complexity index is 334. The fourth-order valence-electron chi connectivity index (χ4n) is 3.36. The maximum Gasteiger partial charge on any atom is 0.323 e. The molecule has 0 spiro atoms. The first-order valence-electron chi connectivity index (χ1n) is 7.35. The molecule has 2 amide bonds. The third-order valence-corrected chi connectivity index (χ3v) is 4.49. The van der Waals surface area contributed by atoms with Gasteiger partial charge in [0.1, 0.15) is 6.54 Å². The minimum absolute atomic E-state index is 0.0961. The van der Waals surface area contributed by atoms with Crippen LogP contribution in [0.5, 0.6) is 0 Å². The number of carboxylic acids is 1. The third kappa shape index (κ3) is 3.39. The molecule has 1 N–H and O–H groups in total. The van der Waals surface area contributed by atoms with Crippen LogP contribution in [0, 0.1) is 0 Å². The molecule has 5 heteroatoms. The summed E-state index contributed by atoms with van der Waals surface area (Å²) in [6.45, 7) is -0.166. The summed E-state index contributed by atoms with van der Waals surface area (Å²) in [5.41, 5.74) is 0. The molecule has 0 saturated heterocycles. The Morgan fingerprint density at radius 3 is 1.95 bits per heavy atom. The van der Waals surface area contributed by atoms with Crippen molar-refractivity contribution in [3.63, 3.8) is 0 Å². The second-order valence-corrected chi connectivity index (χ2v) is 5.79. The second kappa shape index (κ2) is 6.26. The van der Waals surface area contributed by atoms with E-state index in [2.05, 4.69) is 0 Å². The lowest BCUT2D eigenvalue weighted by Gasteiger charge is -2.34. The van der Waals surface area contributed by atoms with E-state index in [4.69, 9.17) is 5.11 Å². The van der Waals surface area contributed by atoms with Crippen molar-refractivity contribution in [3.8, 4) is 0 Å². The van der Waals surface area contributed by atoms with Crippen molar-refractivity contribution in [2.45, 2.75) is 63.5 Å². The van der Waals surface area contributed by atoms with Gasteiger partial charge >= 0.3 is 12.0 Å². The first kappa shape index (κ1) is 14.2. The number of carbonyl (C=O) groups is 2. The molecule has 0 aromatic carbocycles. The highest BCUT2D eigenvalue weighted by atomic mass is 16.4. The number of aliphatic carboxylic acids is 1. The molecule has 2 saturated carbocycles. The highest BCUT2D eigenvalue weighted by molar-refractivity contribution is 5.80. The summed E-state index contributed by atoms with van der Waals surface area (Å²) in [6.07, 6.45) is 8.52. The van der Waals surface area contributed by atoms with E-state index in [1.165, 1.54) is 12.8 Å². The molecular weight excluding hydrogens is 244 g/mol. The second-order valence-electron chi connectivity index (χ2n) is 5.79. The van der Waals surface area contributed by atoms with E-state index in [1.807, 2.05) is 7.05 Å². The van der Waals surface area contributed by atoms with Crippen LogP contribution in [0.4, 0.5) is 4.79 Å². The molecule has 2 aliphatic rings. The quantitative estimate of drug-likeness (QED) is 0.851. The van der Waals surface area contributed by atoms with E-state index in [-0.39, 0.29) is 18.6 Å². The summed E-state index contributed by atoms with van der Waals surface area (Å²) in [5.74, 6) is -0.917. The number of hydrogen-bond acceptors (Lipinski definition) is 2. The Kier molecular flexibility index (Phi) is 4.66. The van der Waals surface area contributed by atoms with Gasteiger partial charge in [0.15, 0.2) is 0 Å². The number of carboxylic acid groups (broad SMARTS) is 1. The van der Waals surface area contributed by atoms with Gasteiger partial charge in [-0.15, -0.1) is 0 Å². The summed E-state index contributed by atoms with van der Waals surface area (Å²) in [6, 6.07) is 0.318. The highest BCUT2D eigenvalue weighted by Gasteiger charge is 2.33. The van der Waals surface area contributed by atoms with E-state index in [0.717, 1.165) is 38.5 Å². The largest absolute Gasteiger partial charge is 0.480 e. The molecule has 2 aliphatic carbocycles. The molecule has 0 aliphatic heterocycles. The number of urea groups is 1. The minimum atomic E-state index is -0.917. The monoisotopic (exact) mass is 268 g/mol. The average molecular weight is 268 g/mol. The van der Waals surface area contributed by atoms with Crippen LogP contribution in [0.1, 0.15) is 51.4 Å². The zero-order chi connectivity index (χ0) is 13.8. The molecule has 0 atom stereocenters. The molecule has 0 unspecified atom stereocenters. The molecule has 2 fully saturated rings. The predicted molar refractivity (Wildman–Crippen MR) is 72.0 cm³/mol. The van der Waals surface area contributed by atoms with Crippen LogP contribution < -0.4 is 0 Å². The van der Waals surface area contributed by atoms with Crippen LogP contribution in [-0.4, -0.2) is 52.6 Å². The Balaban J connectivity index is 2.02. The molecule has 0 bridgehead atoms. The number of rotatable bonds is 4. The van der Waals surface area contributed by atoms with Crippen molar-refractivity contribution >= 4 is 12.0 Å². The number of hydrogen-bond donors (Lipinski definition) is 1. The van der Waals surface area contributed by atoms with Crippen molar-refractivity contribution in [2.24, 2.45) is 0 Å². The van der Waals surface area contributed by atoms with Crippen LogP contribution in [0.2, 0.25) is 0 Å². The Labute approximate surface area is 114 Å². The maximum atomic E-state index is 12.5. The van der Waals surface area contributed by atoms with Crippen molar-refractivity contribution < 1.29 is 14.7 Å². The maximum absolute atomic E-state index is 12.5. The Morgan fingerprint density at radius 2 is 1.47 bits per heavy atom. The summed E-state index contributed by atoms with van der Waals surface area (Å²) in [5, 5.41) is 9.03. The molecule has 0 radical (unpaired) electrons. The molecule has 5 nitrogen and oxygen atoms in total. The molecule has 0 heterocycles. The molecular formula is C14H24N2O3. The van der Waals surface area contributed by atoms with E-state index in [9.17, 15) is 9.59 Å². The first-order chi connectivity index (χ1) is 9.09. The van der Waals surface area contributed by atoms with Gasteiger partial charge in [0.25, 0.3) is 0 Å². The van der Waals surface area contributed by atoms with Crippen molar-refractivity contribution in [3.05, 3.63) is 0 Å². The molecule has 2 rings (SSSR count). The standard InChI is InChI=1S/C14H24N2O3/c1-15(11-6-2-3-7-11)14(19)16(10-13(17)18)12-8-4-5-9-12/h11-12H,2-10H2,1H3,(H,17,18). The van der Waals surface area contributed by atoms with Crippen molar-refractivity contribution in [2.75, 3.05) is 13.6 Å². The zero-order valence-electron chi connectivity index (χ0n) is 11.7. The summed E-state index contributed by atoms with van der Waals surface area (Å²) >= 11 is 0. The normalized spacial score (nSPS) is 20.7. The number of carbonyl (C=O) groups excluding carboxylic acids is 1. The first-order valence-corrected chi connectivity index (χ1v) is 7.35. The topological polar surface area (TPSA) is 60.9 Å². The van der Waals surface area contributed by atoms with Gasteiger partial charge in [-0.3, -0.25) is 4.79 Å². The third-order valence-electron chi connectivity index (χ3n) is 4.49. The smallest absolute Gasteiger partial charge is 0.323 e. The Morgan fingerprint density at radius 1 is 1.00 bits per heavy atom. The van der Waals surface area contributed by atoms with Gasteiger partial charge in [0.2, 0.25) is 0 Å². The lowest BCUT2D eigenvalue weighted by atomic mass is 10.2. The Hall–Kier alpha value is -1.26. The average Bonchev–Trinajstić information content (AvgIpc) is 3.05. The van der Waals surface area contributed by atoms with E-state index >= 15 is 0 Å². The summed E-state index contributed by atoms with van der Waals surface area (Å²) in [7, 11) is 1.82. The van der Waals surface area contributed by atoms with E-state index < -0.39 is 5.97 Å². The summed E-state index contributed by atoms with van der Waals surface area (Å²) < 4.78 is 0. The summed E-state index contributed by atoms with van der Waals surface area (Å²) in [4.78, 5) is 26.9. The van der Waals surface area contributed by atoms with Gasteiger partial charge in [0.05, 0.1) is 0 Å². The SMILES string of the molecule is CN(C(=O)N(CC(=O)O)C1CCCC1)C1CCCC1. The van der Waals surface area contributed by atoms with E-state index in [1.54, 1.807) is 9.80 Å². The van der Waals surface area contributed by atoms with Gasteiger partial charge in [-0.05, 0) is 25.7 Å². The highest BCUT2D eigenvalue weighted by Crippen LogP contribution is 2.27. The van der Waals surface area contributed by atoms with Gasteiger partial charge < -0.3 is 14.9 Å². The van der Waals surface area contributed by atoms with Crippen LogP contribution in [-0.2, 0) is 4.79 Å². The van der Waals surface area contributed by atoms with Crippen molar-refractivity contribution in [1.82, 2.24) is 9.80 Å². The molecule has 0 aromatic rings. The zero-order valence-corrected chi connectivity index (χ0v) is 11.7. The van der Waals surface area contributed by atoms with Crippen LogP contribution in [0.3, 0.4) is 0 Å². The number of amides is 2. The van der Waals surface area contributed by atoms with Crippen LogP contribution in [0.25, 0.3) is 0 Å². The fraction of sp³-hybridized carbons (Fsp3) is 0.857. The lowest BCUT2D eigenvalue weighted by molar-refractivity contribution is -0.138. The van der Waals surface area contributed by atoms with Gasteiger partial charge in [0, 0.05) is 19.1 Å². The van der Waals surface area contributed by atoms with E-state index in [0.29, 0.717) is 6.04 Å². The van der Waals surface area contributed by atoms with Gasteiger partial charge in [-0.25, -0.2) is 4.79 Å². The van der Waals surface area contributed by atoms with Gasteiger partial charge in [-0.1, -0.05) is 25.7 Å². The van der Waals surface area contributed by atoms with Crippen molar-refractivity contribution in [1.29, 1.82) is 0 Å². The lowest BCUT2D eigenvalue weighted by Crippen LogP contribution is -2.50. The number of nitrogens with zero attached hydrogens (tertiary/aromatic N) is 2. The molecule has 0 aromatic heterocycles. The molecule has 108 valence electrons.